The third-order valence-electron chi connectivity index (χ3n) is 2.82. The summed E-state index contributed by atoms with van der Waals surface area (Å²) in [5.74, 6) is 2.50. The summed E-state index contributed by atoms with van der Waals surface area (Å²) in [6.45, 7) is 4.24. The average Bonchev–Trinajstić information content (AvgIpc) is 2.57. The maximum absolute atomic E-state index is 5.79. The standard InChI is InChI=1S/C12H19N3S/c1-10(13)12-4-3-11(9-14-12)15-5-2-7-16-8-6-15/h3-4,9-10H,2,5-8,13H2,1H3/t10-/m1/s1. The monoisotopic (exact) mass is 237 g/mol. The van der Waals surface area contributed by atoms with Gasteiger partial charge in [0.25, 0.3) is 0 Å². The van der Waals surface area contributed by atoms with Gasteiger partial charge in [-0.05, 0) is 31.2 Å². The summed E-state index contributed by atoms with van der Waals surface area (Å²) in [6, 6.07) is 4.20. The lowest BCUT2D eigenvalue weighted by atomic mass is 10.2. The highest BCUT2D eigenvalue weighted by Crippen LogP contribution is 2.19. The van der Waals surface area contributed by atoms with E-state index in [1.807, 2.05) is 30.9 Å². The van der Waals surface area contributed by atoms with E-state index in [1.54, 1.807) is 0 Å². The van der Waals surface area contributed by atoms with Crippen molar-refractivity contribution in [2.24, 2.45) is 5.73 Å². The molecule has 2 heterocycles. The van der Waals surface area contributed by atoms with Crippen molar-refractivity contribution >= 4 is 17.4 Å². The summed E-state index contributed by atoms with van der Waals surface area (Å²) in [6.07, 6.45) is 3.22. The van der Waals surface area contributed by atoms with E-state index in [9.17, 15) is 0 Å². The number of nitrogens with two attached hydrogens (primary N) is 1. The molecule has 88 valence electrons. The van der Waals surface area contributed by atoms with Crippen LogP contribution in [0.5, 0.6) is 0 Å². The zero-order valence-corrected chi connectivity index (χ0v) is 10.5. The minimum Gasteiger partial charge on any atom is -0.369 e. The first-order valence-corrected chi connectivity index (χ1v) is 6.97. The molecule has 0 unspecified atom stereocenters. The smallest absolute Gasteiger partial charge is 0.0569 e. The Hall–Kier alpha value is -0.740. The molecule has 0 bridgehead atoms. The van der Waals surface area contributed by atoms with Crippen LogP contribution in [0.25, 0.3) is 0 Å². The van der Waals surface area contributed by atoms with Crippen molar-refractivity contribution < 1.29 is 0 Å². The van der Waals surface area contributed by atoms with Crippen molar-refractivity contribution in [1.82, 2.24) is 4.98 Å². The van der Waals surface area contributed by atoms with Crippen LogP contribution in [0.1, 0.15) is 25.1 Å². The first-order chi connectivity index (χ1) is 7.77. The SMILES string of the molecule is C[C@@H](N)c1ccc(N2CCCSCC2)cn1. The van der Waals surface area contributed by atoms with Crippen LogP contribution in [0.3, 0.4) is 0 Å². The molecule has 0 aromatic carbocycles. The molecule has 1 fully saturated rings. The summed E-state index contributed by atoms with van der Waals surface area (Å²) in [5.41, 5.74) is 7.98. The second-order valence-corrected chi connectivity index (χ2v) is 5.41. The third kappa shape index (κ3) is 2.89. The number of hydrogen-bond donors (Lipinski definition) is 1. The predicted molar refractivity (Wildman–Crippen MR) is 71.0 cm³/mol. The molecule has 16 heavy (non-hydrogen) atoms. The molecule has 4 heteroatoms. The Balaban J connectivity index is 2.07. The maximum atomic E-state index is 5.79. The van der Waals surface area contributed by atoms with E-state index in [1.165, 1.54) is 23.6 Å². The minimum absolute atomic E-state index is 0.0220. The van der Waals surface area contributed by atoms with Crippen LogP contribution < -0.4 is 10.6 Å². The van der Waals surface area contributed by atoms with Gasteiger partial charge in [0, 0.05) is 24.9 Å². The summed E-state index contributed by atoms with van der Waals surface area (Å²) in [5, 5.41) is 0. The van der Waals surface area contributed by atoms with E-state index < -0.39 is 0 Å². The van der Waals surface area contributed by atoms with Gasteiger partial charge in [-0.25, -0.2) is 0 Å². The van der Waals surface area contributed by atoms with Crippen LogP contribution in [0.2, 0.25) is 0 Å². The highest BCUT2D eigenvalue weighted by molar-refractivity contribution is 7.99. The Morgan fingerprint density at radius 1 is 1.38 bits per heavy atom. The molecule has 1 aliphatic heterocycles. The maximum Gasteiger partial charge on any atom is 0.0569 e. The van der Waals surface area contributed by atoms with Gasteiger partial charge < -0.3 is 10.6 Å². The molecule has 3 nitrogen and oxygen atoms in total. The fourth-order valence-corrected chi connectivity index (χ4v) is 2.75. The molecule has 0 spiro atoms. The molecular formula is C12H19N3S. The van der Waals surface area contributed by atoms with Gasteiger partial charge in [-0.15, -0.1) is 0 Å². The van der Waals surface area contributed by atoms with E-state index in [0.29, 0.717) is 0 Å². The van der Waals surface area contributed by atoms with Gasteiger partial charge in [-0.1, -0.05) is 0 Å². The van der Waals surface area contributed by atoms with Crippen molar-refractivity contribution in [2.75, 3.05) is 29.5 Å². The van der Waals surface area contributed by atoms with Crippen LogP contribution in [-0.2, 0) is 0 Å². The van der Waals surface area contributed by atoms with E-state index in [2.05, 4.69) is 16.0 Å². The Kier molecular flexibility index (Phi) is 4.07. The van der Waals surface area contributed by atoms with Crippen LogP contribution in [0.4, 0.5) is 5.69 Å². The van der Waals surface area contributed by atoms with E-state index in [0.717, 1.165) is 18.8 Å². The molecule has 0 amide bonds. The number of hydrogen-bond acceptors (Lipinski definition) is 4. The minimum atomic E-state index is 0.0220. The number of nitrogens with zero attached hydrogens (tertiary/aromatic N) is 2. The largest absolute Gasteiger partial charge is 0.369 e. The van der Waals surface area contributed by atoms with Crippen molar-refractivity contribution in [3.63, 3.8) is 0 Å². The van der Waals surface area contributed by atoms with Gasteiger partial charge in [-0.3, -0.25) is 4.98 Å². The molecule has 1 aromatic heterocycles. The molecule has 1 aromatic rings. The van der Waals surface area contributed by atoms with E-state index >= 15 is 0 Å². The second kappa shape index (κ2) is 5.55. The summed E-state index contributed by atoms with van der Waals surface area (Å²) < 4.78 is 0. The Labute approximate surface area is 101 Å². The normalized spacial score (nSPS) is 19.2. The second-order valence-electron chi connectivity index (χ2n) is 4.18. The highest BCUT2D eigenvalue weighted by atomic mass is 32.2. The summed E-state index contributed by atoms with van der Waals surface area (Å²) >= 11 is 2.04. The van der Waals surface area contributed by atoms with Gasteiger partial charge in [0.05, 0.1) is 17.6 Å². The number of rotatable bonds is 2. The molecular weight excluding hydrogens is 218 g/mol. The van der Waals surface area contributed by atoms with Gasteiger partial charge in [0.1, 0.15) is 0 Å². The summed E-state index contributed by atoms with van der Waals surface area (Å²) in [7, 11) is 0. The van der Waals surface area contributed by atoms with Crippen LogP contribution in [-0.4, -0.2) is 29.6 Å². The molecule has 1 saturated heterocycles. The molecule has 0 radical (unpaired) electrons. The molecule has 2 N–H and O–H groups in total. The van der Waals surface area contributed by atoms with Crippen molar-refractivity contribution in [1.29, 1.82) is 0 Å². The Morgan fingerprint density at radius 2 is 2.25 bits per heavy atom. The topological polar surface area (TPSA) is 42.1 Å². The number of anilines is 1. The predicted octanol–water partition coefficient (Wildman–Crippen LogP) is 2.04. The Morgan fingerprint density at radius 3 is 2.94 bits per heavy atom. The van der Waals surface area contributed by atoms with Gasteiger partial charge in [0.15, 0.2) is 0 Å². The third-order valence-corrected chi connectivity index (χ3v) is 3.87. The molecule has 1 atom stereocenters. The lowest BCUT2D eigenvalue weighted by molar-refractivity contribution is 0.773. The van der Waals surface area contributed by atoms with Crippen molar-refractivity contribution in [2.45, 2.75) is 19.4 Å². The zero-order valence-electron chi connectivity index (χ0n) is 9.72. The van der Waals surface area contributed by atoms with Crippen LogP contribution >= 0.6 is 11.8 Å². The lowest BCUT2D eigenvalue weighted by Crippen LogP contribution is -2.25. The molecule has 1 aliphatic rings. The van der Waals surface area contributed by atoms with Gasteiger partial charge >= 0.3 is 0 Å². The van der Waals surface area contributed by atoms with Crippen LogP contribution in [0, 0.1) is 0 Å². The number of pyridine rings is 1. The van der Waals surface area contributed by atoms with Crippen molar-refractivity contribution in [3.05, 3.63) is 24.0 Å². The number of thioether (sulfide) groups is 1. The Bertz CT molecular complexity index is 316. The fourth-order valence-electron chi connectivity index (χ4n) is 1.86. The zero-order chi connectivity index (χ0) is 11.4. The molecule has 2 rings (SSSR count). The van der Waals surface area contributed by atoms with Gasteiger partial charge in [0.2, 0.25) is 0 Å². The molecule has 0 aliphatic carbocycles. The number of aromatic nitrogens is 1. The first-order valence-electron chi connectivity index (χ1n) is 5.81. The lowest BCUT2D eigenvalue weighted by Gasteiger charge is -2.22. The van der Waals surface area contributed by atoms with E-state index in [4.69, 9.17) is 5.73 Å². The summed E-state index contributed by atoms with van der Waals surface area (Å²) in [4.78, 5) is 6.83. The van der Waals surface area contributed by atoms with Crippen molar-refractivity contribution in [3.8, 4) is 0 Å². The molecule has 0 saturated carbocycles. The van der Waals surface area contributed by atoms with Gasteiger partial charge in [-0.2, -0.15) is 11.8 Å². The average molecular weight is 237 g/mol. The first kappa shape index (κ1) is 11.7. The van der Waals surface area contributed by atoms with E-state index in [-0.39, 0.29) is 6.04 Å². The quantitative estimate of drug-likeness (QED) is 0.855. The van der Waals surface area contributed by atoms with Crippen LogP contribution in [0.15, 0.2) is 18.3 Å². The highest BCUT2D eigenvalue weighted by Gasteiger charge is 2.10. The fraction of sp³-hybridized carbons (Fsp3) is 0.583.